The number of hydrogen-bond acceptors (Lipinski definition) is 7. The van der Waals surface area contributed by atoms with Crippen LogP contribution in [0.4, 0.5) is 5.69 Å². The van der Waals surface area contributed by atoms with E-state index in [4.69, 9.17) is 14.2 Å². The molecule has 1 fully saturated rings. The zero-order valence-electron chi connectivity index (χ0n) is 19.4. The van der Waals surface area contributed by atoms with Gasteiger partial charge >= 0.3 is 0 Å². The van der Waals surface area contributed by atoms with E-state index < -0.39 is 22.5 Å². The van der Waals surface area contributed by atoms with E-state index in [9.17, 15) is 18.0 Å². The number of nitrogens with zero attached hydrogens (tertiary/aromatic N) is 1. The van der Waals surface area contributed by atoms with Crippen molar-refractivity contribution in [3.8, 4) is 11.5 Å². The highest BCUT2D eigenvalue weighted by molar-refractivity contribution is 7.89. The monoisotopic (exact) mass is 491 g/mol. The van der Waals surface area contributed by atoms with Crippen LogP contribution in [-0.4, -0.2) is 71.6 Å². The van der Waals surface area contributed by atoms with Gasteiger partial charge in [-0.15, -0.1) is 0 Å². The Kier molecular flexibility index (Phi) is 8.48. The maximum atomic E-state index is 12.9. The van der Waals surface area contributed by atoms with Crippen LogP contribution in [0.1, 0.15) is 23.2 Å². The Balaban J connectivity index is 1.66. The van der Waals surface area contributed by atoms with E-state index in [1.165, 1.54) is 39.5 Å². The van der Waals surface area contributed by atoms with Gasteiger partial charge in [0.1, 0.15) is 0 Å². The molecule has 0 radical (unpaired) electrons. The Morgan fingerprint density at radius 2 is 1.85 bits per heavy atom. The van der Waals surface area contributed by atoms with Gasteiger partial charge < -0.3 is 24.8 Å². The molecule has 2 aromatic rings. The highest BCUT2D eigenvalue weighted by atomic mass is 32.2. The second kappa shape index (κ2) is 11.3. The number of para-hydroxylation sites is 1. The lowest BCUT2D eigenvalue weighted by Gasteiger charge is -2.19. The van der Waals surface area contributed by atoms with Crippen molar-refractivity contribution in [3.63, 3.8) is 0 Å². The van der Waals surface area contributed by atoms with E-state index in [0.29, 0.717) is 18.9 Å². The third-order valence-electron chi connectivity index (χ3n) is 5.39. The largest absolute Gasteiger partial charge is 0.493 e. The van der Waals surface area contributed by atoms with E-state index in [0.717, 1.165) is 17.1 Å². The molecule has 0 spiro atoms. The topological polar surface area (TPSA) is 123 Å². The third-order valence-corrected chi connectivity index (χ3v) is 7.19. The van der Waals surface area contributed by atoms with Crippen molar-refractivity contribution in [3.05, 3.63) is 48.0 Å². The SMILES string of the molecule is COc1ccc(S(=O)(=O)N(C)CC(=O)Nc2ccccc2C(=O)NCC2CCCO2)cc1OC. The van der Waals surface area contributed by atoms with Crippen LogP contribution < -0.4 is 20.1 Å². The first-order valence-corrected chi connectivity index (χ1v) is 12.2. The molecule has 1 aliphatic rings. The molecule has 1 heterocycles. The first-order valence-electron chi connectivity index (χ1n) is 10.7. The summed E-state index contributed by atoms with van der Waals surface area (Å²) in [5, 5.41) is 5.45. The standard InChI is InChI=1S/C23H29N3O7S/c1-26(34(29,30)17-10-11-20(31-2)21(13-17)32-3)15-22(27)25-19-9-5-4-8-18(19)23(28)24-14-16-7-6-12-33-16/h4-5,8-11,13,16H,6-7,12,14-15H2,1-3H3,(H,24,28)(H,25,27). The van der Waals surface area contributed by atoms with Gasteiger partial charge in [0.25, 0.3) is 5.91 Å². The third kappa shape index (κ3) is 6.04. The summed E-state index contributed by atoms with van der Waals surface area (Å²) < 4.78 is 42.6. The molecule has 0 saturated carbocycles. The number of amides is 2. The number of rotatable bonds is 10. The molecule has 2 aromatic carbocycles. The second-order valence-corrected chi connectivity index (χ2v) is 9.76. The van der Waals surface area contributed by atoms with Gasteiger partial charge in [-0.25, -0.2) is 8.42 Å². The van der Waals surface area contributed by atoms with E-state index >= 15 is 0 Å². The number of carbonyl (C=O) groups is 2. The fourth-order valence-electron chi connectivity index (χ4n) is 3.53. The maximum Gasteiger partial charge on any atom is 0.253 e. The minimum atomic E-state index is -3.98. The maximum absolute atomic E-state index is 12.9. The first kappa shape index (κ1) is 25.5. The summed E-state index contributed by atoms with van der Waals surface area (Å²) in [6, 6.07) is 10.7. The Bertz CT molecular complexity index is 1130. The van der Waals surface area contributed by atoms with Gasteiger partial charge in [-0.3, -0.25) is 9.59 Å². The van der Waals surface area contributed by atoms with Crippen LogP contribution in [-0.2, 0) is 19.6 Å². The van der Waals surface area contributed by atoms with Crippen molar-refractivity contribution in [2.75, 3.05) is 46.3 Å². The fourth-order valence-corrected chi connectivity index (χ4v) is 4.67. The number of ether oxygens (including phenoxy) is 3. The fraction of sp³-hybridized carbons (Fsp3) is 0.391. The first-order chi connectivity index (χ1) is 16.3. The summed E-state index contributed by atoms with van der Waals surface area (Å²) in [4.78, 5) is 25.2. The van der Waals surface area contributed by atoms with Crippen molar-refractivity contribution in [2.24, 2.45) is 0 Å². The van der Waals surface area contributed by atoms with Gasteiger partial charge in [0.05, 0.1) is 43.0 Å². The van der Waals surface area contributed by atoms with Crippen LogP contribution >= 0.6 is 0 Å². The second-order valence-electron chi connectivity index (χ2n) is 7.72. The summed E-state index contributed by atoms with van der Waals surface area (Å²) in [5.41, 5.74) is 0.563. The predicted molar refractivity (Wildman–Crippen MR) is 126 cm³/mol. The van der Waals surface area contributed by atoms with Gasteiger partial charge in [-0.05, 0) is 37.1 Å². The highest BCUT2D eigenvalue weighted by Crippen LogP contribution is 2.30. The molecule has 0 bridgehead atoms. The molecule has 1 atom stereocenters. The number of hydrogen-bond donors (Lipinski definition) is 2. The van der Waals surface area contributed by atoms with Gasteiger partial charge in [0.15, 0.2) is 11.5 Å². The summed E-state index contributed by atoms with van der Waals surface area (Å²) in [7, 11) is 0.163. The van der Waals surface area contributed by atoms with Crippen molar-refractivity contribution in [2.45, 2.75) is 23.8 Å². The average Bonchev–Trinajstić information content (AvgIpc) is 3.36. The van der Waals surface area contributed by atoms with E-state index in [2.05, 4.69) is 10.6 Å². The lowest BCUT2D eigenvalue weighted by atomic mass is 10.1. The number of benzene rings is 2. The van der Waals surface area contributed by atoms with Crippen LogP contribution in [0.15, 0.2) is 47.4 Å². The summed E-state index contributed by atoms with van der Waals surface area (Å²) in [6.07, 6.45) is 1.84. The smallest absolute Gasteiger partial charge is 0.253 e. The van der Waals surface area contributed by atoms with Crippen LogP contribution in [0.3, 0.4) is 0 Å². The van der Waals surface area contributed by atoms with E-state index in [1.54, 1.807) is 24.3 Å². The Labute approximate surface area is 199 Å². The lowest BCUT2D eigenvalue weighted by Crippen LogP contribution is -2.36. The van der Waals surface area contributed by atoms with E-state index in [1.807, 2.05) is 0 Å². The van der Waals surface area contributed by atoms with Gasteiger partial charge in [-0.1, -0.05) is 12.1 Å². The van der Waals surface area contributed by atoms with Crippen molar-refractivity contribution in [1.82, 2.24) is 9.62 Å². The van der Waals surface area contributed by atoms with Crippen LogP contribution in [0.2, 0.25) is 0 Å². The van der Waals surface area contributed by atoms with Gasteiger partial charge in [0.2, 0.25) is 15.9 Å². The van der Waals surface area contributed by atoms with Crippen molar-refractivity contribution >= 4 is 27.5 Å². The number of anilines is 1. The molecule has 1 aliphatic heterocycles. The number of carbonyl (C=O) groups excluding carboxylic acids is 2. The minimum Gasteiger partial charge on any atom is -0.493 e. The quantitative estimate of drug-likeness (QED) is 0.520. The molecule has 184 valence electrons. The molecular formula is C23H29N3O7S. The molecule has 0 aromatic heterocycles. The summed E-state index contributed by atoms with van der Waals surface area (Å²) >= 11 is 0. The zero-order valence-corrected chi connectivity index (χ0v) is 20.2. The van der Waals surface area contributed by atoms with Crippen molar-refractivity contribution < 1.29 is 32.2 Å². The zero-order chi connectivity index (χ0) is 24.7. The van der Waals surface area contributed by atoms with Crippen LogP contribution in [0.25, 0.3) is 0 Å². The molecule has 10 nitrogen and oxygen atoms in total. The molecule has 2 N–H and O–H groups in total. The van der Waals surface area contributed by atoms with Crippen LogP contribution in [0.5, 0.6) is 11.5 Å². The highest BCUT2D eigenvalue weighted by Gasteiger charge is 2.25. The number of likely N-dealkylation sites (N-methyl/N-ethyl adjacent to an activating group) is 1. The van der Waals surface area contributed by atoms with Crippen LogP contribution in [0, 0.1) is 0 Å². The Morgan fingerprint density at radius 1 is 1.12 bits per heavy atom. The summed E-state index contributed by atoms with van der Waals surface area (Å²) in [5.74, 6) is -0.302. The van der Waals surface area contributed by atoms with E-state index in [-0.39, 0.29) is 33.9 Å². The number of sulfonamides is 1. The molecule has 11 heteroatoms. The molecule has 0 aliphatic carbocycles. The molecule has 1 saturated heterocycles. The summed E-state index contributed by atoms with van der Waals surface area (Å²) in [6.45, 7) is 0.614. The molecule has 2 amide bonds. The normalized spacial score (nSPS) is 15.7. The van der Waals surface area contributed by atoms with Gasteiger partial charge in [-0.2, -0.15) is 4.31 Å². The molecular weight excluding hydrogens is 462 g/mol. The molecule has 3 rings (SSSR count). The lowest BCUT2D eigenvalue weighted by molar-refractivity contribution is -0.116. The predicted octanol–water partition coefficient (Wildman–Crippen LogP) is 1.87. The number of nitrogens with one attached hydrogen (secondary N) is 2. The average molecular weight is 492 g/mol. The number of methoxy groups -OCH3 is 2. The van der Waals surface area contributed by atoms with Crippen molar-refractivity contribution in [1.29, 1.82) is 0 Å². The Hall–Kier alpha value is -3.15. The minimum absolute atomic E-state index is 0.0128. The van der Waals surface area contributed by atoms with Gasteiger partial charge in [0, 0.05) is 26.3 Å². The molecule has 34 heavy (non-hydrogen) atoms. The molecule has 1 unspecified atom stereocenters. The Morgan fingerprint density at radius 3 is 2.53 bits per heavy atom.